The van der Waals surface area contributed by atoms with E-state index in [4.69, 9.17) is 9.84 Å². The Hall–Kier alpha value is -2.75. The van der Waals surface area contributed by atoms with Crippen LogP contribution in [0.3, 0.4) is 0 Å². The van der Waals surface area contributed by atoms with Gasteiger partial charge in [-0.15, -0.1) is 11.8 Å². The van der Waals surface area contributed by atoms with Crippen molar-refractivity contribution in [2.75, 3.05) is 19.9 Å². The minimum atomic E-state index is -1.15. The van der Waals surface area contributed by atoms with Gasteiger partial charge < -0.3 is 25.4 Å². The molecular formula is C19H23N3O6S. The zero-order chi connectivity index (χ0) is 21.1. The second-order valence-electron chi connectivity index (χ2n) is 6.97. The molecule has 0 aliphatic carbocycles. The molecule has 2 heterocycles. The Morgan fingerprint density at radius 3 is 2.79 bits per heavy atom. The zero-order valence-corrected chi connectivity index (χ0v) is 17.0. The summed E-state index contributed by atoms with van der Waals surface area (Å²) in [7, 11) is 1.50. The minimum Gasteiger partial charge on any atom is -0.496 e. The molecule has 10 heteroatoms. The molecule has 3 rings (SSSR count). The number of hydrogen-bond donors (Lipinski definition) is 3. The topological polar surface area (TPSA) is 125 Å². The summed E-state index contributed by atoms with van der Waals surface area (Å²) in [5.74, 6) is -1.77. The van der Waals surface area contributed by atoms with Crippen molar-refractivity contribution < 1.29 is 29.0 Å². The van der Waals surface area contributed by atoms with Crippen LogP contribution in [0.1, 0.15) is 29.6 Å². The number of carbonyl (C=O) groups excluding carboxylic acids is 3. The van der Waals surface area contributed by atoms with E-state index in [1.165, 1.54) is 12.0 Å². The lowest BCUT2D eigenvalue weighted by Gasteiger charge is -2.43. The molecule has 1 aromatic carbocycles. The van der Waals surface area contributed by atoms with Crippen LogP contribution in [-0.2, 0) is 14.4 Å². The molecule has 3 N–H and O–H groups in total. The van der Waals surface area contributed by atoms with Crippen molar-refractivity contribution in [3.05, 3.63) is 23.8 Å². The van der Waals surface area contributed by atoms with Gasteiger partial charge in [0.05, 0.1) is 19.1 Å². The van der Waals surface area contributed by atoms with Gasteiger partial charge in [0.1, 0.15) is 17.8 Å². The number of benzene rings is 1. The fourth-order valence-electron chi connectivity index (χ4n) is 3.70. The number of aliphatic carboxylic acids is 1. The summed E-state index contributed by atoms with van der Waals surface area (Å²) in [5.41, 5.74) is 0.401. The van der Waals surface area contributed by atoms with Crippen molar-refractivity contribution in [3.63, 3.8) is 0 Å². The van der Waals surface area contributed by atoms with Crippen molar-refractivity contribution >= 4 is 35.5 Å². The van der Waals surface area contributed by atoms with Gasteiger partial charge >= 0.3 is 5.97 Å². The van der Waals surface area contributed by atoms with Crippen LogP contribution in [0.2, 0.25) is 0 Å². The molecule has 2 aliphatic heterocycles. The molecule has 0 unspecified atom stereocenters. The average molecular weight is 421 g/mol. The van der Waals surface area contributed by atoms with Crippen LogP contribution < -0.4 is 15.4 Å². The summed E-state index contributed by atoms with van der Waals surface area (Å²) in [4.78, 5) is 50.9. The third-order valence-electron chi connectivity index (χ3n) is 5.17. The summed E-state index contributed by atoms with van der Waals surface area (Å²) < 4.78 is 5.32. The van der Waals surface area contributed by atoms with Gasteiger partial charge in [0.25, 0.3) is 5.91 Å². The number of thioether (sulfide) groups is 1. The van der Waals surface area contributed by atoms with Crippen LogP contribution in [0.5, 0.6) is 5.75 Å². The summed E-state index contributed by atoms with van der Waals surface area (Å²) in [6.45, 7) is 0.278. The Bertz CT molecular complexity index is 845. The van der Waals surface area contributed by atoms with Gasteiger partial charge in [0.2, 0.25) is 11.8 Å². The predicted molar refractivity (Wildman–Crippen MR) is 105 cm³/mol. The van der Waals surface area contributed by atoms with E-state index in [9.17, 15) is 19.2 Å². The Morgan fingerprint density at radius 2 is 2.14 bits per heavy atom. The molecule has 29 heavy (non-hydrogen) atoms. The maximum atomic E-state index is 12.7. The monoisotopic (exact) mass is 421 g/mol. The number of amides is 3. The lowest BCUT2D eigenvalue weighted by atomic mass is 9.92. The SMILES string of the molecule is COc1cc(SC)ccc1C(=O)N[C@H]1CCN2C(=O)[C@@H](CC(=O)O)NC(=O)[C@@H]2C1. The number of hydrogen-bond acceptors (Lipinski definition) is 6. The van der Waals surface area contributed by atoms with Gasteiger partial charge in [0, 0.05) is 17.5 Å². The van der Waals surface area contributed by atoms with Crippen LogP contribution in [0.25, 0.3) is 0 Å². The molecule has 0 bridgehead atoms. The Kier molecular flexibility index (Phi) is 6.31. The fraction of sp³-hybridized carbons (Fsp3) is 0.474. The lowest BCUT2D eigenvalue weighted by molar-refractivity contribution is -0.154. The van der Waals surface area contributed by atoms with Crippen molar-refractivity contribution in [3.8, 4) is 5.75 Å². The lowest BCUT2D eigenvalue weighted by Crippen LogP contribution is -2.67. The highest BCUT2D eigenvalue weighted by Crippen LogP contribution is 2.27. The highest BCUT2D eigenvalue weighted by Gasteiger charge is 2.44. The maximum absolute atomic E-state index is 12.7. The summed E-state index contributed by atoms with van der Waals surface area (Å²) in [5, 5.41) is 14.3. The molecule has 0 aromatic heterocycles. The van der Waals surface area contributed by atoms with Gasteiger partial charge in [-0.2, -0.15) is 0 Å². The van der Waals surface area contributed by atoms with Crippen molar-refractivity contribution in [2.24, 2.45) is 0 Å². The van der Waals surface area contributed by atoms with E-state index in [0.717, 1.165) is 4.90 Å². The fourth-order valence-corrected chi connectivity index (χ4v) is 4.13. The number of piperidine rings is 1. The number of carboxylic acid groups (broad SMARTS) is 1. The Balaban J connectivity index is 1.67. The third-order valence-corrected chi connectivity index (χ3v) is 5.90. The number of methoxy groups -OCH3 is 1. The van der Waals surface area contributed by atoms with E-state index >= 15 is 0 Å². The molecule has 2 aliphatic rings. The zero-order valence-electron chi connectivity index (χ0n) is 16.1. The molecular weight excluding hydrogens is 398 g/mol. The number of nitrogens with one attached hydrogen (secondary N) is 2. The van der Waals surface area contributed by atoms with Gasteiger partial charge in [-0.25, -0.2) is 0 Å². The number of ether oxygens (including phenoxy) is 1. The summed E-state index contributed by atoms with van der Waals surface area (Å²) in [6, 6.07) is 3.28. The smallest absolute Gasteiger partial charge is 0.305 e. The van der Waals surface area contributed by atoms with Gasteiger partial charge in [-0.1, -0.05) is 0 Å². The van der Waals surface area contributed by atoms with Gasteiger partial charge in [-0.3, -0.25) is 19.2 Å². The first-order chi connectivity index (χ1) is 13.8. The summed E-state index contributed by atoms with van der Waals surface area (Å²) >= 11 is 1.54. The van der Waals surface area contributed by atoms with Crippen LogP contribution in [-0.4, -0.2) is 71.7 Å². The first-order valence-corrected chi connectivity index (χ1v) is 10.4. The molecule has 9 nitrogen and oxygen atoms in total. The van der Waals surface area contributed by atoms with Crippen molar-refractivity contribution in [1.82, 2.24) is 15.5 Å². The predicted octanol–water partition coefficient (Wildman–Crippen LogP) is 0.480. The number of nitrogens with zero attached hydrogens (tertiary/aromatic N) is 1. The van der Waals surface area contributed by atoms with E-state index in [2.05, 4.69) is 10.6 Å². The first kappa shape index (κ1) is 21.0. The van der Waals surface area contributed by atoms with E-state index < -0.39 is 36.3 Å². The number of rotatable bonds is 6. The molecule has 3 amide bonds. The van der Waals surface area contributed by atoms with E-state index in [1.807, 2.05) is 12.3 Å². The molecule has 0 radical (unpaired) electrons. The molecule has 2 fully saturated rings. The summed E-state index contributed by atoms with van der Waals surface area (Å²) in [6.07, 6.45) is 2.24. The van der Waals surface area contributed by atoms with Crippen LogP contribution >= 0.6 is 11.8 Å². The number of carbonyl (C=O) groups is 4. The minimum absolute atomic E-state index is 0.272. The number of piperazine rings is 1. The first-order valence-electron chi connectivity index (χ1n) is 9.19. The Morgan fingerprint density at radius 1 is 1.38 bits per heavy atom. The quantitative estimate of drug-likeness (QED) is 0.571. The van der Waals surface area contributed by atoms with Crippen LogP contribution in [0.15, 0.2) is 23.1 Å². The van der Waals surface area contributed by atoms with Crippen molar-refractivity contribution in [2.45, 2.75) is 42.3 Å². The van der Waals surface area contributed by atoms with Crippen LogP contribution in [0.4, 0.5) is 0 Å². The van der Waals surface area contributed by atoms with Gasteiger partial charge in [0.15, 0.2) is 0 Å². The molecule has 156 valence electrons. The van der Waals surface area contributed by atoms with E-state index in [-0.39, 0.29) is 24.9 Å². The average Bonchev–Trinajstić information content (AvgIpc) is 2.70. The Labute approximate surface area is 172 Å². The highest BCUT2D eigenvalue weighted by molar-refractivity contribution is 7.98. The highest BCUT2D eigenvalue weighted by atomic mass is 32.2. The van der Waals surface area contributed by atoms with E-state index in [1.54, 1.807) is 23.9 Å². The number of carboxylic acids is 1. The third kappa shape index (κ3) is 4.47. The number of fused-ring (bicyclic) bond motifs is 1. The largest absolute Gasteiger partial charge is 0.496 e. The van der Waals surface area contributed by atoms with E-state index in [0.29, 0.717) is 17.7 Å². The molecule has 1 aromatic rings. The van der Waals surface area contributed by atoms with Gasteiger partial charge in [-0.05, 0) is 37.3 Å². The maximum Gasteiger partial charge on any atom is 0.305 e. The second kappa shape index (κ2) is 8.73. The molecule has 2 saturated heterocycles. The second-order valence-corrected chi connectivity index (χ2v) is 7.85. The normalized spacial score (nSPS) is 23.8. The van der Waals surface area contributed by atoms with Crippen LogP contribution in [0, 0.1) is 0 Å². The molecule has 0 saturated carbocycles. The molecule has 0 spiro atoms. The van der Waals surface area contributed by atoms with Crippen molar-refractivity contribution in [1.29, 1.82) is 0 Å². The molecule has 3 atom stereocenters. The standard InChI is InChI=1S/C19H23N3O6S/c1-28-15-8-11(29-2)3-4-12(15)17(25)20-10-5-6-22-14(7-10)18(26)21-13(19(22)27)9-16(23)24/h3-4,8,10,13-14H,5-7,9H2,1-2H3,(H,20,25)(H,21,26)(H,23,24)/t10-,13+,14-/m0/s1.